The van der Waals surface area contributed by atoms with Crippen molar-refractivity contribution in [3.8, 4) is 22.6 Å². The molecule has 0 fully saturated rings. The Morgan fingerprint density at radius 3 is 2.37 bits per heavy atom. The van der Waals surface area contributed by atoms with E-state index in [2.05, 4.69) is 22.3 Å². The number of benzene rings is 4. The van der Waals surface area contributed by atoms with E-state index in [0.717, 1.165) is 33.2 Å². The standard InChI is InChI=1S/C38H35N3O6S2/c1-38(2,48(4)42)29-22-28-10-7-19-39-36(28)33(23-29)27-9-6-8-25(20-27)21-34(26-11-17-32(18-12-26)49(5,43)44)37-40-35(41-47-37)24-46-31-15-13-30(45-3)14-16-31/h6-23H,24H2,1-5H3. The molecule has 4 aromatic carbocycles. The highest BCUT2D eigenvalue weighted by molar-refractivity contribution is 7.90. The maximum atomic E-state index is 12.7. The molecule has 0 radical (unpaired) electrons. The fraction of sp³-hybridized carbons (Fsp3) is 0.184. The fourth-order valence-electron chi connectivity index (χ4n) is 5.28. The summed E-state index contributed by atoms with van der Waals surface area (Å²) in [5, 5.41) is 5.11. The third-order valence-corrected chi connectivity index (χ3v) is 11.1. The molecule has 0 saturated heterocycles. The highest BCUT2D eigenvalue weighted by atomic mass is 32.2. The maximum Gasteiger partial charge on any atom is 0.258 e. The minimum absolute atomic E-state index is 0.0704. The first-order valence-electron chi connectivity index (χ1n) is 15.4. The summed E-state index contributed by atoms with van der Waals surface area (Å²) in [7, 11) is -2.91. The number of nitrogens with zero attached hydrogens (tertiary/aromatic N) is 3. The van der Waals surface area contributed by atoms with E-state index >= 15 is 0 Å². The summed E-state index contributed by atoms with van der Waals surface area (Å²) in [5.41, 5.74) is 5.73. The summed E-state index contributed by atoms with van der Waals surface area (Å²) in [4.78, 5) is 9.53. The van der Waals surface area contributed by atoms with Crippen molar-refractivity contribution in [1.29, 1.82) is 0 Å². The minimum Gasteiger partial charge on any atom is -0.497 e. The van der Waals surface area contributed by atoms with Gasteiger partial charge in [-0.15, -0.1) is 0 Å². The Bertz CT molecular complexity index is 2300. The van der Waals surface area contributed by atoms with Crippen LogP contribution in [0.3, 0.4) is 0 Å². The van der Waals surface area contributed by atoms with Gasteiger partial charge in [0, 0.05) is 46.0 Å². The van der Waals surface area contributed by atoms with Gasteiger partial charge in [0.05, 0.1) is 22.3 Å². The largest absolute Gasteiger partial charge is 0.497 e. The fourth-order valence-corrected chi connectivity index (χ4v) is 6.36. The molecule has 49 heavy (non-hydrogen) atoms. The zero-order chi connectivity index (χ0) is 34.8. The second-order valence-electron chi connectivity index (χ2n) is 12.0. The quantitative estimate of drug-likeness (QED) is 0.127. The molecule has 0 aliphatic rings. The predicted octanol–water partition coefficient (Wildman–Crippen LogP) is 7.48. The van der Waals surface area contributed by atoms with Crippen LogP contribution in [0, 0.1) is 0 Å². The molecule has 9 nitrogen and oxygen atoms in total. The van der Waals surface area contributed by atoms with Crippen molar-refractivity contribution in [3.05, 3.63) is 132 Å². The zero-order valence-corrected chi connectivity index (χ0v) is 29.3. The molecular weight excluding hydrogens is 659 g/mol. The van der Waals surface area contributed by atoms with E-state index in [4.69, 9.17) is 19.0 Å². The van der Waals surface area contributed by atoms with E-state index in [1.165, 1.54) is 6.26 Å². The first-order chi connectivity index (χ1) is 23.4. The molecular formula is C38H35N3O6S2. The number of aromatic nitrogens is 3. The van der Waals surface area contributed by atoms with Gasteiger partial charge in [0.25, 0.3) is 5.89 Å². The second-order valence-corrected chi connectivity index (χ2v) is 16.0. The van der Waals surface area contributed by atoms with Crippen LogP contribution in [-0.2, 0) is 32.0 Å². The van der Waals surface area contributed by atoms with Crippen molar-refractivity contribution in [2.24, 2.45) is 0 Å². The van der Waals surface area contributed by atoms with Gasteiger partial charge in [-0.05, 0) is 103 Å². The van der Waals surface area contributed by atoms with Crippen LogP contribution in [0.15, 0.2) is 113 Å². The molecule has 6 rings (SSSR count). The molecule has 11 heteroatoms. The normalized spacial score (nSPS) is 13.0. The van der Waals surface area contributed by atoms with Gasteiger partial charge in [-0.25, -0.2) is 8.42 Å². The van der Waals surface area contributed by atoms with Gasteiger partial charge in [0.2, 0.25) is 5.82 Å². The minimum atomic E-state index is -3.40. The Balaban J connectivity index is 1.41. The summed E-state index contributed by atoms with van der Waals surface area (Å²) in [6, 6.07) is 29.7. The lowest BCUT2D eigenvalue weighted by atomic mass is 9.92. The molecule has 0 saturated carbocycles. The highest BCUT2D eigenvalue weighted by Gasteiger charge is 2.27. The molecule has 0 bridgehead atoms. The van der Waals surface area contributed by atoms with Gasteiger partial charge in [-0.1, -0.05) is 41.6 Å². The summed E-state index contributed by atoms with van der Waals surface area (Å²) in [5.74, 6) is 1.92. The number of hydrogen-bond acceptors (Lipinski definition) is 9. The molecule has 0 spiro atoms. The molecule has 0 aliphatic carbocycles. The van der Waals surface area contributed by atoms with E-state index in [1.54, 1.807) is 68.1 Å². The molecule has 1 atom stereocenters. The first-order valence-corrected chi connectivity index (χ1v) is 18.8. The summed E-state index contributed by atoms with van der Waals surface area (Å²) >= 11 is 0. The van der Waals surface area contributed by atoms with Crippen LogP contribution >= 0.6 is 0 Å². The molecule has 2 heterocycles. The topological polar surface area (TPSA) is 121 Å². The average molecular weight is 694 g/mol. The first kappa shape index (κ1) is 33.8. The Morgan fingerprint density at radius 2 is 1.67 bits per heavy atom. The number of rotatable bonds is 11. The third-order valence-electron chi connectivity index (χ3n) is 8.35. The van der Waals surface area contributed by atoms with Crippen molar-refractivity contribution in [2.75, 3.05) is 19.6 Å². The van der Waals surface area contributed by atoms with Crippen LogP contribution in [0.25, 0.3) is 33.7 Å². The number of pyridine rings is 1. The Kier molecular flexibility index (Phi) is 9.49. The van der Waals surface area contributed by atoms with Crippen LogP contribution in [0.5, 0.6) is 11.5 Å². The summed E-state index contributed by atoms with van der Waals surface area (Å²) in [6.45, 7) is 4.03. The van der Waals surface area contributed by atoms with Gasteiger partial charge in [-0.3, -0.25) is 9.19 Å². The third kappa shape index (κ3) is 7.48. The van der Waals surface area contributed by atoms with Crippen LogP contribution < -0.4 is 9.47 Å². The Labute approximate surface area is 288 Å². The van der Waals surface area contributed by atoms with E-state index in [9.17, 15) is 12.6 Å². The number of hydrogen-bond donors (Lipinski definition) is 0. The van der Waals surface area contributed by atoms with E-state index < -0.39 is 25.4 Å². The van der Waals surface area contributed by atoms with Crippen LogP contribution in [-0.4, -0.2) is 47.4 Å². The lowest BCUT2D eigenvalue weighted by Crippen LogP contribution is -2.22. The van der Waals surface area contributed by atoms with Crippen LogP contribution in [0.1, 0.15) is 42.3 Å². The van der Waals surface area contributed by atoms with Gasteiger partial charge in [0.1, 0.15) is 11.5 Å². The maximum absolute atomic E-state index is 12.7. The van der Waals surface area contributed by atoms with Gasteiger partial charge >= 0.3 is 0 Å². The van der Waals surface area contributed by atoms with Gasteiger partial charge in [-0.2, -0.15) is 4.98 Å². The van der Waals surface area contributed by atoms with Gasteiger partial charge in [0.15, 0.2) is 16.4 Å². The molecule has 0 amide bonds. The lowest BCUT2D eigenvalue weighted by molar-refractivity contribution is 0.286. The number of fused-ring (bicyclic) bond motifs is 1. The monoisotopic (exact) mass is 693 g/mol. The smallest absolute Gasteiger partial charge is 0.258 e. The van der Waals surface area contributed by atoms with Crippen molar-refractivity contribution in [2.45, 2.75) is 30.1 Å². The number of methoxy groups -OCH3 is 1. The van der Waals surface area contributed by atoms with Gasteiger partial charge < -0.3 is 14.0 Å². The van der Waals surface area contributed by atoms with Crippen molar-refractivity contribution >= 4 is 43.2 Å². The summed E-state index contributed by atoms with van der Waals surface area (Å²) < 4.78 is 53.3. The molecule has 1 unspecified atom stereocenters. The van der Waals surface area contributed by atoms with E-state index in [0.29, 0.717) is 28.5 Å². The average Bonchev–Trinajstić information content (AvgIpc) is 3.58. The molecule has 6 aromatic rings. The second kappa shape index (κ2) is 13.8. The Morgan fingerprint density at radius 1 is 0.939 bits per heavy atom. The molecule has 0 N–H and O–H groups in total. The molecule has 2 aromatic heterocycles. The lowest BCUT2D eigenvalue weighted by Gasteiger charge is -2.24. The number of ether oxygens (including phenoxy) is 2. The number of sulfone groups is 1. The summed E-state index contributed by atoms with van der Waals surface area (Å²) in [6.07, 6.45) is 6.58. The molecule has 0 aliphatic heterocycles. The van der Waals surface area contributed by atoms with E-state index in [1.807, 2.05) is 56.3 Å². The highest BCUT2D eigenvalue weighted by Crippen LogP contribution is 2.36. The Hall–Kier alpha value is -5.13. The van der Waals surface area contributed by atoms with Crippen molar-refractivity contribution in [3.63, 3.8) is 0 Å². The predicted molar refractivity (Wildman–Crippen MR) is 192 cm³/mol. The van der Waals surface area contributed by atoms with Crippen LogP contribution in [0.2, 0.25) is 0 Å². The van der Waals surface area contributed by atoms with Crippen LogP contribution in [0.4, 0.5) is 0 Å². The van der Waals surface area contributed by atoms with Crippen molar-refractivity contribution < 1.29 is 26.6 Å². The zero-order valence-electron chi connectivity index (χ0n) is 27.7. The van der Waals surface area contributed by atoms with E-state index in [-0.39, 0.29) is 17.4 Å². The SMILES string of the molecule is COc1ccc(OCc2noc(C(=Cc3cccc(-c4cc(C(C)(C)S(C)=O)cc5cccnc45)c3)c3ccc(S(C)(=O)=O)cc3)n2)cc1. The van der Waals surface area contributed by atoms with Crippen molar-refractivity contribution in [1.82, 2.24) is 15.1 Å². The molecule has 250 valence electrons.